The second-order valence-electron chi connectivity index (χ2n) is 8.82. The Morgan fingerprint density at radius 3 is 2.48 bits per heavy atom. The van der Waals surface area contributed by atoms with Crippen molar-refractivity contribution in [1.82, 2.24) is 9.80 Å². The third-order valence-corrected chi connectivity index (χ3v) is 8.93. The molecule has 29 heavy (non-hydrogen) atoms. The van der Waals surface area contributed by atoms with Crippen molar-refractivity contribution in [3.8, 4) is 0 Å². The molecule has 1 heterocycles. The lowest BCUT2D eigenvalue weighted by Gasteiger charge is -2.30. The second kappa shape index (κ2) is 8.17. The summed E-state index contributed by atoms with van der Waals surface area (Å²) in [6.07, 6.45) is 1.26. The molecule has 3 fully saturated rings. The van der Waals surface area contributed by atoms with Gasteiger partial charge in [-0.05, 0) is 45.1 Å². The topological polar surface area (TPSA) is 70.0 Å². The number of amides is 2. The van der Waals surface area contributed by atoms with Crippen molar-refractivity contribution >= 4 is 21.5 Å². The van der Waals surface area contributed by atoms with Crippen LogP contribution in [0.5, 0.6) is 0 Å². The fraction of sp³-hybridized carbons (Fsp3) is 0.895. The van der Waals surface area contributed by atoms with Crippen molar-refractivity contribution in [3.05, 3.63) is 0 Å². The quantitative estimate of drug-likeness (QED) is 0.678. The molecule has 166 valence electrons. The van der Waals surface area contributed by atoms with E-state index in [0.29, 0.717) is 13.0 Å². The summed E-state index contributed by atoms with van der Waals surface area (Å²) in [7, 11) is -1.47. The van der Waals surface area contributed by atoms with Crippen LogP contribution in [0.4, 0.5) is 13.2 Å². The molecule has 3 atom stereocenters. The number of hydrogen-bond donors (Lipinski definition) is 0. The SMILES string of the molecule is CC(C(=O)N1CCCS(=O)(=NC(=O)C2CC23CCCC3)CC1)N(C)CC(F)(F)F. The maximum atomic E-state index is 13.1. The van der Waals surface area contributed by atoms with E-state index in [1.54, 1.807) is 0 Å². The number of rotatable bonds is 4. The summed E-state index contributed by atoms with van der Waals surface area (Å²) in [6.45, 7) is 0.737. The number of likely N-dealkylation sites (N-methyl/N-ethyl adjacent to an activating group) is 1. The van der Waals surface area contributed by atoms with Crippen LogP contribution in [-0.2, 0) is 19.3 Å². The number of nitrogens with zero attached hydrogens (tertiary/aromatic N) is 3. The zero-order chi connectivity index (χ0) is 21.4. The minimum absolute atomic E-state index is 0.0969. The van der Waals surface area contributed by atoms with Crippen LogP contribution in [0, 0.1) is 11.3 Å². The molecule has 1 spiro atoms. The fourth-order valence-corrected chi connectivity index (χ4v) is 6.62. The molecule has 0 radical (unpaired) electrons. The van der Waals surface area contributed by atoms with Crippen molar-refractivity contribution in [1.29, 1.82) is 0 Å². The molecule has 10 heteroatoms. The van der Waals surface area contributed by atoms with Gasteiger partial charge in [-0.15, -0.1) is 0 Å². The van der Waals surface area contributed by atoms with E-state index >= 15 is 0 Å². The summed E-state index contributed by atoms with van der Waals surface area (Å²) in [5.74, 6) is -0.427. The molecule has 2 aliphatic carbocycles. The molecule has 6 nitrogen and oxygen atoms in total. The van der Waals surface area contributed by atoms with Gasteiger partial charge in [-0.1, -0.05) is 12.8 Å². The van der Waals surface area contributed by atoms with Crippen molar-refractivity contribution in [2.24, 2.45) is 15.7 Å². The molecular formula is C19H30F3N3O3S. The van der Waals surface area contributed by atoms with Gasteiger partial charge in [0.05, 0.1) is 22.3 Å². The van der Waals surface area contributed by atoms with Gasteiger partial charge in [0.2, 0.25) is 5.91 Å². The zero-order valence-electron chi connectivity index (χ0n) is 17.0. The second-order valence-corrected chi connectivity index (χ2v) is 11.4. The van der Waals surface area contributed by atoms with E-state index in [1.807, 2.05) is 0 Å². The van der Waals surface area contributed by atoms with Crippen LogP contribution in [0.25, 0.3) is 0 Å². The van der Waals surface area contributed by atoms with Crippen molar-refractivity contribution in [3.63, 3.8) is 0 Å². The minimum atomic E-state index is -4.38. The van der Waals surface area contributed by atoms with Gasteiger partial charge in [-0.3, -0.25) is 14.5 Å². The monoisotopic (exact) mass is 437 g/mol. The van der Waals surface area contributed by atoms with Crippen LogP contribution in [0.1, 0.15) is 45.4 Å². The molecule has 0 bridgehead atoms. The Hall–Kier alpha value is -1.16. The van der Waals surface area contributed by atoms with Gasteiger partial charge in [0.15, 0.2) is 0 Å². The molecule has 2 saturated carbocycles. The molecule has 2 amide bonds. The third kappa shape index (κ3) is 5.31. The van der Waals surface area contributed by atoms with Gasteiger partial charge in [-0.25, -0.2) is 4.21 Å². The lowest BCUT2D eigenvalue weighted by atomic mass is 10.0. The first-order valence-electron chi connectivity index (χ1n) is 10.3. The lowest BCUT2D eigenvalue weighted by Crippen LogP contribution is -2.48. The Morgan fingerprint density at radius 2 is 1.86 bits per heavy atom. The van der Waals surface area contributed by atoms with Crippen LogP contribution in [0.15, 0.2) is 4.36 Å². The molecular weight excluding hydrogens is 407 g/mol. The molecule has 0 aromatic heterocycles. The van der Waals surface area contributed by atoms with E-state index in [9.17, 15) is 27.0 Å². The number of carbonyl (C=O) groups is 2. The van der Waals surface area contributed by atoms with Gasteiger partial charge in [0.1, 0.15) is 0 Å². The molecule has 1 aliphatic heterocycles. The first-order chi connectivity index (χ1) is 13.4. The van der Waals surface area contributed by atoms with Gasteiger partial charge >= 0.3 is 6.18 Å². The average molecular weight is 438 g/mol. The highest BCUT2D eigenvalue weighted by Gasteiger charge is 2.58. The fourth-order valence-electron chi connectivity index (χ4n) is 4.69. The highest BCUT2D eigenvalue weighted by atomic mass is 32.2. The lowest BCUT2D eigenvalue weighted by molar-refractivity contribution is -0.154. The first-order valence-corrected chi connectivity index (χ1v) is 12.1. The summed E-state index contributed by atoms with van der Waals surface area (Å²) in [6, 6.07) is -0.932. The minimum Gasteiger partial charge on any atom is -0.340 e. The van der Waals surface area contributed by atoms with E-state index < -0.39 is 34.4 Å². The Balaban J connectivity index is 1.60. The normalized spacial score (nSPS) is 30.3. The van der Waals surface area contributed by atoms with Crippen molar-refractivity contribution < 1.29 is 27.0 Å². The van der Waals surface area contributed by atoms with E-state index in [1.165, 1.54) is 18.9 Å². The summed E-state index contributed by atoms with van der Waals surface area (Å²) < 4.78 is 55.0. The van der Waals surface area contributed by atoms with E-state index in [-0.39, 0.29) is 35.3 Å². The first kappa shape index (κ1) is 22.5. The molecule has 3 aliphatic rings. The van der Waals surface area contributed by atoms with E-state index in [2.05, 4.69) is 4.36 Å². The van der Waals surface area contributed by atoms with Gasteiger partial charge in [0, 0.05) is 30.5 Å². The predicted molar refractivity (Wildman–Crippen MR) is 104 cm³/mol. The standard InChI is InChI=1S/C19H30F3N3O3S/c1-14(24(2)13-19(20,21)22)17(27)25-8-5-10-29(28,11-9-25)23-16(26)15-12-18(15)6-3-4-7-18/h14-15H,3-13H2,1-2H3. The molecule has 0 aromatic rings. The summed E-state index contributed by atoms with van der Waals surface area (Å²) in [5, 5.41) is 0. The van der Waals surface area contributed by atoms with Crippen LogP contribution >= 0.6 is 0 Å². The van der Waals surface area contributed by atoms with Crippen LogP contribution in [-0.4, -0.2) is 76.2 Å². The highest BCUT2D eigenvalue weighted by molar-refractivity contribution is 7.93. The summed E-state index contributed by atoms with van der Waals surface area (Å²) in [4.78, 5) is 27.6. The van der Waals surface area contributed by atoms with Crippen LogP contribution in [0.3, 0.4) is 0 Å². The number of alkyl halides is 3. The Morgan fingerprint density at radius 1 is 1.21 bits per heavy atom. The maximum absolute atomic E-state index is 13.1. The molecule has 3 unspecified atom stereocenters. The van der Waals surface area contributed by atoms with Crippen LogP contribution in [0.2, 0.25) is 0 Å². The molecule has 3 rings (SSSR count). The number of carbonyl (C=O) groups excluding carboxylic acids is 2. The number of hydrogen-bond acceptors (Lipinski definition) is 4. The highest BCUT2D eigenvalue weighted by Crippen LogP contribution is 2.63. The zero-order valence-corrected chi connectivity index (χ0v) is 17.9. The molecule has 0 N–H and O–H groups in total. The van der Waals surface area contributed by atoms with Gasteiger partial charge < -0.3 is 4.90 Å². The van der Waals surface area contributed by atoms with Gasteiger partial charge in [0.25, 0.3) is 5.91 Å². The third-order valence-electron chi connectivity index (χ3n) is 6.67. The van der Waals surface area contributed by atoms with Gasteiger partial charge in [-0.2, -0.15) is 17.5 Å². The molecule has 0 aromatic carbocycles. The van der Waals surface area contributed by atoms with Crippen LogP contribution < -0.4 is 0 Å². The summed E-state index contributed by atoms with van der Waals surface area (Å²) >= 11 is 0. The van der Waals surface area contributed by atoms with Crippen molar-refractivity contribution in [2.75, 3.05) is 38.2 Å². The van der Waals surface area contributed by atoms with E-state index in [4.69, 9.17) is 0 Å². The smallest absolute Gasteiger partial charge is 0.340 e. The maximum Gasteiger partial charge on any atom is 0.401 e. The van der Waals surface area contributed by atoms with Crippen molar-refractivity contribution in [2.45, 2.75) is 57.7 Å². The number of halogens is 3. The average Bonchev–Trinajstić information content (AvgIpc) is 3.18. The Kier molecular flexibility index (Phi) is 6.34. The summed E-state index contributed by atoms with van der Waals surface area (Å²) in [5.41, 5.74) is 0.0988. The Labute approximate surface area is 170 Å². The molecule has 1 saturated heterocycles. The predicted octanol–water partition coefficient (Wildman–Crippen LogP) is 2.68. The Bertz CT molecular complexity index is 770. The largest absolute Gasteiger partial charge is 0.401 e. The van der Waals surface area contributed by atoms with E-state index in [0.717, 1.165) is 37.0 Å².